The van der Waals surface area contributed by atoms with Crippen LogP contribution in [0.25, 0.3) is 5.69 Å². The SMILES string of the molecule is C=S(=O)(NC#N)c1ccc(CNC(=O)c2cn(-c3cnn(C)c3)c(C)c(Br)c2=O)cc1. The van der Waals surface area contributed by atoms with Gasteiger partial charge in [-0.25, -0.2) is 8.93 Å². The Kier molecular flexibility index (Phi) is 6.33. The van der Waals surface area contributed by atoms with Gasteiger partial charge in [0.2, 0.25) is 5.43 Å². The third-order valence-electron chi connectivity index (χ3n) is 4.56. The van der Waals surface area contributed by atoms with Gasteiger partial charge in [-0.3, -0.25) is 14.3 Å². The number of pyridine rings is 1. The van der Waals surface area contributed by atoms with Gasteiger partial charge in [0, 0.05) is 31.7 Å². The molecule has 2 aromatic heterocycles. The van der Waals surface area contributed by atoms with Gasteiger partial charge in [0.1, 0.15) is 5.56 Å². The highest BCUT2D eigenvalue weighted by Gasteiger charge is 2.18. The van der Waals surface area contributed by atoms with Crippen LogP contribution in [-0.2, 0) is 23.3 Å². The first-order valence-corrected chi connectivity index (χ1v) is 11.5. The first-order valence-electron chi connectivity index (χ1n) is 8.95. The standard InChI is InChI=1S/C20H19BrN6O3S/c1-13-18(21)19(28)17(11-27(13)15-9-24-26(2)10-15)20(29)23-8-14-4-6-16(7-5-14)31(3,30)25-12-22/h4-7,9-11H,3,8H2,1-2H3,(H,23,29)(H,25,30). The van der Waals surface area contributed by atoms with Crippen LogP contribution in [0.5, 0.6) is 0 Å². The summed E-state index contributed by atoms with van der Waals surface area (Å²) in [5, 5.41) is 15.5. The Labute approximate surface area is 187 Å². The van der Waals surface area contributed by atoms with Gasteiger partial charge in [0.25, 0.3) is 5.91 Å². The first kappa shape index (κ1) is 22.3. The molecule has 0 aliphatic carbocycles. The Morgan fingerprint density at radius 1 is 1.32 bits per heavy atom. The number of carbonyl (C=O) groups is 1. The second kappa shape index (κ2) is 8.79. The van der Waals surface area contributed by atoms with Crippen LogP contribution in [-0.4, -0.2) is 30.3 Å². The Hall–Kier alpha value is -3.36. The molecule has 3 rings (SSSR count). The molecule has 0 saturated carbocycles. The van der Waals surface area contributed by atoms with Crippen molar-refractivity contribution in [1.29, 1.82) is 5.26 Å². The van der Waals surface area contributed by atoms with E-state index in [-0.39, 0.29) is 12.1 Å². The van der Waals surface area contributed by atoms with Gasteiger partial charge in [-0.1, -0.05) is 12.1 Å². The maximum Gasteiger partial charge on any atom is 0.257 e. The first-order chi connectivity index (χ1) is 14.6. The van der Waals surface area contributed by atoms with Crippen LogP contribution < -0.4 is 15.5 Å². The van der Waals surface area contributed by atoms with Crippen LogP contribution in [0.1, 0.15) is 21.6 Å². The molecule has 0 aliphatic rings. The maximum absolute atomic E-state index is 12.7. The van der Waals surface area contributed by atoms with Crippen LogP contribution in [0.3, 0.4) is 0 Å². The molecular weight excluding hydrogens is 484 g/mol. The summed E-state index contributed by atoms with van der Waals surface area (Å²) in [4.78, 5) is 25.7. The van der Waals surface area contributed by atoms with Gasteiger partial charge >= 0.3 is 0 Å². The van der Waals surface area contributed by atoms with Crippen LogP contribution in [0, 0.1) is 18.4 Å². The number of aromatic nitrogens is 3. The summed E-state index contributed by atoms with van der Waals surface area (Å²) < 4.78 is 18.0. The number of nitriles is 1. The third-order valence-corrected chi connectivity index (χ3v) is 6.95. The normalized spacial score (nSPS) is 12.6. The molecule has 31 heavy (non-hydrogen) atoms. The molecule has 2 N–H and O–H groups in total. The minimum absolute atomic E-state index is 0.0167. The summed E-state index contributed by atoms with van der Waals surface area (Å²) in [7, 11) is -1.12. The lowest BCUT2D eigenvalue weighted by molar-refractivity contribution is 0.0949. The number of halogens is 1. The molecule has 9 nitrogen and oxygen atoms in total. The van der Waals surface area contributed by atoms with Gasteiger partial charge in [0.15, 0.2) is 6.19 Å². The number of aryl methyl sites for hydroxylation is 1. The van der Waals surface area contributed by atoms with E-state index in [9.17, 15) is 13.8 Å². The molecule has 1 aromatic carbocycles. The molecule has 0 saturated heterocycles. The number of benzene rings is 1. The molecule has 0 radical (unpaired) electrons. The number of amides is 1. The van der Waals surface area contributed by atoms with E-state index in [0.29, 0.717) is 20.7 Å². The lowest BCUT2D eigenvalue weighted by Crippen LogP contribution is -2.30. The van der Waals surface area contributed by atoms with Crippen LogP contribution in [0.2, 0.25) is 0 Å². The molecular formula is C20H19BrN6O3S. The van der Waals surface area contributed by atoms with E-state index in [2.05, 4.69) is 36.9 Å². The number of nitrogens with one attached hydrogen (secondary N) is 2. The van der Waals surface area contributed by atoms with E-state index in [4.69, 9.17) is 5.26 Å². The number of rotatable bonds is 6. The molecule has 11 heteroatoms. The number of hydrogen-bond acceptors (Lipinski definition) is 5. The number of carbonyl (C=O) groups excluding carboxylic acids is 1. The zero-order valence-corrected chi connectivity index (χ0v) is 19.2. The monoisotopic (exact) mass is 502 g/mol. The van der Waals surface area contributed by atoms with Crippen molar-refractivity contribution < 1.29 is 9.00 Å². The molecule has 160 valence electrons. The Morgan fingerprint density at radius 3 is 2.58 bits per heavy atom. The molecule has 0 spiro atoms. The molecule has 0 fully saturated rings. The zero-order chi connectivity index (χ0) is 22.8. The third kappa shape index (κ3) is 4.70. The predicted molar refractivity (Wildman–Crippen MR) is 121 cm³/mol. The smallest absolute Gasteiger partial charge is 0.257 e. The van der Waals surface area contributed by atoms with Crippen LogP contribution in [0.4, 0.5) is 0 Å². The average Bonchev–Trinajstić information content (AvgIpc) is 3.16. The van der Waals surface area contributed by atoms with Gasteiger partial charge in [-0.2, -0.15) is 10.4 Å². The van der Waals surface area contributed by atoms with Crippen molar-refractivity contribution in [2.75, 3.05) is 0 Å². The van der Waals surface area contributed by atoms with Crippen LogP contribution >= 0.6 is 15.9 Å². The maximum atomic E-state index is 12.7. The minimum Gasteiger partial charge on any atom is -0.348 e. The van der Waals surface area contributed by atoms with E-state index in [1.54, 1.807) is 66.1 Å². The highest BCUT2D eigenvalue weighted by Crippen LogP contribution is 2.17. The largest absolute Gasteiger partial charge is 0.348 e. The average molecular weight is 503 g/mol. The van der Waals surface area contributed by atoms with Crippen LogP contribution in [0.15, 0.2) is 57.0 Å². The zero-order valence-electron chi connectivity index (χ0n) is 16.8. The van der Waals surface area contributed by atoms with E-state index in [1.165, 1.54) is 6.20 Å². The van der Waals surface area contributed by atoms with E-state index >= 15 is 0 Å². The molecule has 0 aliphatic heterocycles. The molecule has 3 aromatic rings. The van der Waals surface area contributed by atoms with E-state index in [0.717, 1.165) is 5.56 Å². The topological polar surface area (TPSA) is 122 Å². The second-order valence-electron chi connectivity index (χ2n) is 6.73. The van der Waals surface area contributed by atoms with Gasteiger partial charge in [-0.05, 0) is 46.4 Å². The Balaban J connectivity index is 1.82. The van der Waals surface area contributed by atoms with E-state index in [1.807, 2.05) is 0 Å². The molecule has 1 unspecified atom stereocenters. The van der Waals surface area contributed by atoms with E-state index < -0.39 is 21.0 Å². The van der Waals surface area contributed by atoms with Gasteiger partial charge in [-0.15, -0.1) is 0 Å². The fraction of sp³-hybridized carbons (Fsp3) is 0.150. The summed E-state index contributed by atoms with van der Waals surface area (Å²) >= 11 is 3.29. The van der Waals surface area contributed by atoms with Gasteiger partial charge in [0.05, 0.1) is 31.0 Å². The molecule has 2 heterocycles. The Bertz CT molecular complexity index is 1350. The van der Waals surface area contributed by atoms with Gasteiger partial charge < -0.3 is 9.88 Å². The fourth-order valence-corrected chi connectivity index (χ4v) is 4.12. The van der Waals surface area contributed by atoms with Crippen molar-refractivity contribution in [3.8, 4) is 11.9 Å². The van der Waals surface area contributed by atoms with Crippen molar-refractivity contribution >= 4 is 37.4 Å². The summed E-state index contributed by atoms with van der Waals surface area (Å²) in [6.07, 6.45) is 6.52. The molecule has 1 atom stereocenters. The second-order valence-corrected chi connectivity index (χ2v) is 9.55. The molecule has 0 bridgehead atoms. The highest BCUT2D eigenvalue weighted by molar-refractivity contribution is 9.10. The number of nitrogens with zero attached hydrogens (tertiary/aromatic N) is 4. The lowest BCUT2D eigenvalue weighted by atomic mass is 10.2. The van der Waals surface area contributed by atoms with Crippen molar-refractivity contribution in [2.45, 2.75) is 18.4 Å². The van der Waals surface area contributed by atoms with Crippen molar-refractivity contribution in [3.63, 3.8) is 0 Å². The summed E-state index contributed by atoms with van der Waals surface area (Å²) in [6.45, 7) is 1.92. The van der Waals surface area contributed by atoms with Crippen molar-refractivity contribution in [3.05, 3.63) is 74.4 Å². The van der Waals surface area contributed by atoms with Crippen molar-refractivity contribution in [1.82, 2.24) is 24.4 Å². The Morgan fingerprint density at radius 2 is 2.00 bits per heavy atom. The summed E-state index contributed by atoms with van der Waals surface area (Å²) in [5.74, 6) is 2.98. The fourth-order valence-electron chi connectivity index (χ4n) is 2.87. The molecule has 1 amide bonds. The minimum atomic E-state index is -2.90. The number of hydrogen-bond donors (Lipinski definition) is 2. The quantitative estimate of drug-likeness (QED) is 0.301. The van der Waals surface area contributed by atoms with Crippen molar-refractivity contribution in [2.24, 2.45) is 7.05 Å². The lowest BCUT2D eigenvalue weighted by Gasteiger charge is -2.13. The highest BCUT2D eigenvalue weighted by atomic mass is 79.9. The summed E-state index contributed by atoms with van der Waals surface area (Å²) in [6, 6.07) is 6.47. The predicted octanol–water partition coefficient (Wildman–Crippen LogP) is 1.63. The summed E-state index contributed by atoms with van der Waals surface area (Å²) in [5.41, 5.74) is 1.66.